The van der Waals surface area contributed by atoms with Crippen LogP contribution in [0.3, 0.4) is 0 Å². The molecule has 1 saturated heterocycles. The number of aliphatic hydroxyl groups excluding tert-OH is 1. The van der Waals surface area contributed by atoms with Crippen LogP contribution in [-0.4, -0.2) is 49.5 Å². The van der Waals surface area contributed by atoms with Crippen molar-refractivity contribution in [2.45, 2.75) is 18.9 Å². The lowest BCUT2D eigenvalue weighted by Gasteiger charge is -2.22. The monoisotopic (exact) mass is 251 g/mol. The van der Waals surface area contributed by atoms with Crippen molar-refractivity contribution >= 4 is 0 Å². The molecule has 0 unspecified atom stereocenters. The summed E-state index contributed by atoms with van der Waals surface area (Å²) in [5.74, 6) is 1.54. The third kappa shape index (κ3) is 3.15. The van der Waals surface area contributed by atoms with E-state index in [2.05, 4.69) is 4.90 Å². The van der Waals surface area contributed by atoms with E-state index in [0.717, 1.165) is 31.0 Å². The van der Waals surface area contributed by atoms with Crippen molar-refractivity contribution in [3.63, 3.8) is 0 Å². The van der Waals surface area contributed by atoms with Gasteiger partial charge in [-0.3, -0.25) is 4.90 Å². The fraction of sp³-hybridized carbons (Fsp3) is 0.571. The zero-order chi connectivity index (χ0) is 12.8. The number of aliphatic hydroxyl groups is 1. The Morgan fingerprint density at radius 2 is 2.11 bits per heavy atom. The lowest BCUT2D eigenvalue weighted by molar-refractivity contribution is 0.138. The lowest BCUT2D eigenvalue weighted by Crippen LogP contribution is -2.35. The Morgan fingerprint density at radius 1 is 1.33 bits per heavy atom. The van der Waals surface area contributed by atoms with Crippen LogP contribution in [0.2, 0.25) is 0 Å². The lowest BCUT2D eigenvalue weighted by atomic mass is 10.2. The van der Waals surface area contributed by atoms with E-state index in [1.807, 2.05) is 24.3 Å². The number of benzene rings is 1. The molecule has 100 valence electrons. The number of ether oxygens (including phenoxy) is 2. The van der Waals surface area contributed by atoms with Gasteiger partial charge in [-0.1, -0.05) is 12.1 Å². The van der Waals surface area contributed by atoms with Gasteiger partial charge < -0.3 is 14.6 Å². The second-order valence-electron chi connectivity index (χ2n) is 4.51. The Morgan fingerprint density at radius 3 is 2.83 bits per heavy atom. The molecule has 1 N–H and O–H groups in total. The van der Waals surface area contributed by atoms with Gasteiger partial charge in [-0.25, -0.2) is 0 Å². The molecule has 1 aromatic carbocycles. The predicted molar refractivity (Wildman–Crippen MR) is 70.2 cm³/mol. The number of methoxy groups -OCH3 is 1. The first-order chi connectivity index (χ1) is 8.85. The van der Waals surface area contributed by atoms with Gasteiger partial charge in [0.05, 0.1) is 13.7 Å². The molecule has 1 aliphatic heterocycles. The quantitative estimate of drug-likeness (QED) is 0.832. The van der Waals surface area contributed by atoms with Crippen LogP contribution in [0.4, 0.5) is 0 Å². The molecule has 0 amide bonds. The molecule has 0 bridgehead atoms. The normalized spacial score (nSPS) is 20.0. The summed E-state index contributed by atoms with van der Waals surface area (Å²) in [6.07, 6.45) is 2.26. The van der Waals surface area contributed by atoms with E-state index in [0.29, 0.717) is 12.6 Å². The molecule has 1 aliphatic rings. The highest BCUT2D eigenvalue weighted by Gasteiger charge is 2.23. The molecule has 1 aromatic rings. The molecular formula is C14H21NO3. The maximum atomic E-state index is 9.23. The molecule has 18 heavy (non-hydrogen) atoms. The molecule has 0 aliphatic carbocycles. The number of likely N-dealkylation sites (tertiary alicyclic amines) is 1. The average Bonchev–Trinajstić information content (AvgIpc) is 2.87. The van der Waals surface area contributed by atoms with E-state index in [1.54, 1.807) is 7.11 Å². The molecule has 0 saturated carbocycles. The maximum absolute atomic E-state index is 9.23. The first kappa shape index (κ1) is 13.2. The minimum absolute atomic E-state index is 0.245. The van der Waals surface area contributed by atoms with E-state index in [9.17, 15) is 5.11 Å². The van der Waals surface area contributed by atoms with Crippen molar-refractivity contribution in [1.29, 1.82) is 0 Å². The van der Waals surface area contributed by atoms with Gasteiger partial charge in [0, 0.05) is 12.6 Å². The zero-order valence-electron chi connectivity index (χ0n) is 10.8. The average molecular weight is 251 g/mol. The summed E-state index contributed by atoms with van der Waals surface area (Å²) in [4.78, 5) is 2.29. The summed E-state index contributed by atoms with van der Waals surface area (Å²) in [5.41, 5.74) is 0. The number of para-hydroxylation sites is 2. The standard InChI is InChI=1S/C14H21NO3/c1-17-13-6-2-3-7-14(13)18-10-9-15-8-4-5-12(15)11-16/h2-3,6-7,12,16H,4-5,8-11H2,1H3/t12-/m0/s1. The minimum Gasteiger partial charge on any atom is -0.493 e. The third-order valence-corrected chi connectivity index (χ3v) is 3.41. The van der Waals surface area contributed by atoms with Crippen molar-refractivity contribution in [3.8, 4) is 11.5 Å². The third-order valence-electron chi connectivity index (χ3n) is 3.41. The molecular weight excluding hydrogens is 230 g/mol. The molecule has 1 heterocycles. The fourth-order valence-electron chi connectivity index (χ4n) is 2.41. The summed E-state index contributed by atoms with van der Waals surface area (Å²) >= 11 is 0. The summed E-state index contributed by atoms with van der Waals surface area (Å²) < 4.78 is 11.0. The minimum atomic E-state index is 0.245. The van der Waals surface area contributed by atoms with Crippen LogP contribution in [0.1, 0.15) is 12.8 Å². The van der Waals surface area contributed by atoms with Crippen LogP contribution < -0.4 is 9.47 Å². The van der Waals surface area contributed by atoms with E-state index >= 15 is 0 Å². The predicted octanol–water partition coefficient (Wildman–Crippen LogP) is 1.53. The topological polar surface area (TPSA) is 41.9 Å². The molecule has 1 atom stereocenters. The number of hydrogen-bond donors (Lipinski definition) is 1. The largest absolute Gasteiger partial charge is 0.493 e. The first-order valence-electron chi connectivity index (χ1n) is 6.46. The van der Waals surface area contributed by atoms with Crippen LogP contribution in [-0.2, 0) is 0 Å². The van der Waals surface area contributed by atoms with Crippen molar-refractivity contribution in [2.24, 2.45) is 0 Å². The van der Waals surface area contributed by atoms with Gasteiger partial charge in [-0.05, 0) is 31.5 Å². The molecule has 0 aromatic heterocycles. The second kappa shape index (κ2) is 6.61. The summed E-state index contributed by atoms with van der Waals surface area (Å²) in [6, 6.07) is 7.97. The van der Waals surface area contributed by atoms with Crippen LogP contribution in [0, 0.1) is 0 Å². The number of rotatable bonds is 6. The van der Waals surface area contributed by atoms with E-state index in [4.69, 9.17) is 9.47 Å². The molecule has 0 radical (unpaired) electrons. The van der Waals surface area contributed by atoms with Gasteiger partial charge in [0.2, 0.25) is 0 Å². The smallest absolute Gasteiger partial charge is 0.161 e. The van der Waals surface area contributed by atoms with Crippen molar-refractivity contribution < 1.29 is 14.6 Å². The Balaban J connectivity index is 1.81. The van der Waals surface area contributed by atoms with Crippen molar-refractivity contribution in [2.75, 3.05) is 33.4 Å². The molecule has 1 fully saturated rings. The van der Waals surface area contributed by atoms with Gasteiger partial charge in [-0.2, -0.15) is 0 Å². The van der Waals surface area contributed by atoms with Crippen LogP contribution in [0.5, 0.6) is 11.5 Å². The number of hydrogen-bond acceptors (Lipinski definition) is 4. The highest BCUT2D eigenvalue weighted by molar-refractivity contribution is 5.39. The van der Waals surface area contributed by atoms with Crippen LogP contribution in [0.15, 0.2) is 24.3 Å². The molecule has 2 rings (SSSR count). The van der Waals surface area contributed by atoms with Crippen LogP contribution >= 0.6 is 0 Å². The van der Waals surface area contributed by atoms with Gasteiger partial charge >= 0.3 is 0 Å². The Kier molecular flexibility index (Phi) is 4.84. The fourth-order valence-corrected chi connectivity index (χ4v) is 2.41. The summed E-state index contributed by atoms with van der Waals surface area (Å²) in [6.45, 7) is 2.77. The first-order valence-corrected chi connectivity index (χ1v) is 6.46. The Hall–Kier alpha value is -1.26. The van der Waals surface area contributed by atoms with Crippen LogP contribution in [0.25, 0.3) is 0 Å². The summed E-state index contributed by atoms with van der Waals surface area (Å²) in [5, 5.41) is 9.23. The summed E-state index contributed by atoms with van der Waals surface area (Å²) in [7, 11) is 1.64. The highest BCUT2D eigenvalue weighted by Crippen LogP contribution is 2.25. The van der Waals surface area contributed by atoms with Gasteiger partial charge in [0.15, 0.2) is 11.5 Å². The van der Waals surface area contributed by atoms with Gasteiger partial charge in [0.25, 0.3) is 0 Å². The van der Waals surface area contributed by atoms with E-state index in [-0.39, 0.29) is 6.61 Å². The second-order valence-corrected chi connectivity index (χ2v) is 4.51. The maximum Gasteiger partial charge on any atom is 0.161 e. The number of nitrogens with zero attached hydrogens (tertiary/aromatic N) is 1. The highest BCUT2D eigenvalue weighted by atomic mass is 16.5. The molecule has 4 nitrogen and oxygen atoms in total. The molecule has 0 spiro atoms. The zero-order valence-corrected chi connectivity index (χ0v) is 10.8. The van der Waals surface area contributed by atoms with Gasteiger partial charge in [0.1, 0.15) is 6.61 Å². The van der Waals surface area contributed by atoms with E-state index in [1.165, 1.54) is 6.42 Å². The Labute approximate surface area is 108 Å². The van der Waals surface area contributed by atoms with Crippen molar-refractivity contribution in [3.05, 3.63) is 24.3 Å². The van der Waals surface area contributed by atoms with E-state index < -0.39 is 0 Å². The van der Waals surface area contributed by atoms with Crippen molar-refractivity contribution in [1.82, 2.24) is 4.90 Å². The molecule has 4 heteroatoms. The Bertz CT molecular complexity index is 370. The SMILES string of the molecule is COc1ccccc1OCCN1CCC[C@H]1CO. The van der Waals surface area contributed by atoms with Gasteiger partial charge in [-0.15, -0.1) is 0 Å².